The van der Waals surface area contributed by atoms with Crippen molar-refractivity contribution in [2.75, 3.05) is 6.54 Å². The summed E-state index contributed by atoms with van der Waals surface area (Å²) in [5, 5.41) is 4.07. The van der Waals surface area contributed by atoms with Crippen molar-refractivity contribution in [3.05, 3.63) is 29.3 Å². The van der Waals surface area contributed by atoms with E-state index in [-0.39, 0.29) is 5.78 Å². The summed E-state index contributed by atoms with van der Waals surface area (Å²) in [6.45, 7) is 1.04. The van der Waals surface area contributed by atoms with Crippen LogP contribution in [0.25, 0.3) is 10.2 Å². The lowest BCUT2D eigenvalue weighted by Crippen LogP contribution is -2.35. The molecule has 4 heteroatoms. The monoisotopic (exact) mass is 260 g/mol. The average molecular weight is 260 g/mol. The van der Waals surface area contributed by atoms with Gasteiger partial charge in [0.2, 0.25) is 0 Å². The molecule has 1 fully saturated rings. The molecule has 0 aliphatic carbocycles. The van der Waals surface area contributed by atoms with Crippen molar-refractivity contribution in [2.45, 2.75) is 31.7 Å². The quantitative estimate of drug-likeness (QED) is 0.863. The highest BCUT2D eigenvalue weighted by molar-refractivity contribution is 7.20. The van der Waals surface area contributed by atoms with Gasteiger partial charge in [0.15, 0.2) is 10.8 Å². The minimum absolute atomic E-state index is 0.176. The molecule has 0 saturated carbocycles. The Morgan fingerprint density at radius 1 is 1.39 bits per heavy atom. The maximum Gasteiger partial charge on any atom is 0.192 e. The summed E-state index contributed by atoms with van der Waals surface area (Å²) in [6.07, 6.45) is 4.15. The molecule has 3 nitrogen and oxygen atoms in total. The van der Waals surface area contributed by atoms with E-state index in [1.165, 1.54) is 24.2 Å². The zero-order chi connectivity index (χ0) is 12.4. The van der Waals surface area contributed by atoms with Crippen LogP contribution < -0.4 is 5.32 Å². The van der Waals surface area contributed by atoms with Crippen molar-refractivity contribution >= 4 is 27.3 Å². The molecule has 2 aromatic rings. The fraction of sp³-hybridized carbons (Fsp3) is 0.429. The van der Waals surface area contributed by atoms with Crippen molar-refractivity contribution in [1.29, 1.82) is 0 Å². The summed E-state index contributed by atoms with van der Waals surface area (Å²) >= 11 is 1.51. The summed E-state index contributed by atoms with van der Waals surface area (Å²) in [5.74, 6) is 0.176. The fourth-order valence-corrected chi connectivity index (χ4v) is 3.32. The van der Waals surface area contributed by atoms with Crippen molar-refractivity contribution in [3.8, 4) is 0 Å². The van der Waals surface area contributed by atoms with Crippen molar-refractivity contribution in [1.82, 2.24) is 10.3 Å². The number of hydrogen-bond donors (Lipinski definition) is 1. The third-order valence-corrected chi connectivity index (χ3v) is 4.45. The van der Waals surface area contributed by atoms with Crippen LogP contribution in [0, 0.1) is 0 Å². The first-order valence-electron chi connectivity index (χ1n) is 6.45. The van der Waals surface area contributed by atoms with E-state index in [1.54, 1.807) is 0 Å². The Morgan fingerprint density at radius 2 is 2.28 bits per heavy atom. The molecule has 0 amide bonds. The first-order chi connectivity index (χ1) is 8.83. The molecule has 1 aliphatic heterocycles. The molecule has 1 aromatic heterocycles. The highest BCUT2D eigenvalue weighted by Crippen LogP contribution is 2.23. The van der Waals surface area contributed by atoms with Gasteiger partial charge in [-0.05, 0) is 31.5 Å². The molecule has 0 bridgehead atoms. The van der Waals surface area contributed by atoms with Crippen LogP contribution in [0.15, 0.2) is 24.3 Å². The summed E-state index contributed by atoms with van der Waals surface area (Å²) < 4.78 is 1.09. The van der Waals surface area contributed by atoms with Crippen molar-refractivity contribution < 1.29 is 4.79 Å². The van der Waals surface area contributed by atoms with Gasteiger partial charge in [-0.3, -0.25) is 4.79 Å². The Kier molecular flexibility index (Phi) is 3.39. The molecule has 1 aliphatic rings. The first kappa shape index (κ1) is 11.8. The van der Waals surface area contributed by atoms with Gasteiger partial charge < -0.3 is 5.32 Å². The summed E-state index contributed by atoms with van der Waals surface area (Å²) in [7, 11) is 0. The van der Waals surface area contributed by atoms with E-state index in [0.717, 1.165) is 23.2 Å². The molecule has 1 saturated heterocycles. The summed E-state index contributed by atoms with van der Waals surface area (Å²) in [5.41, 5.74) is 0.933. The Balaban J connectivity index is 1.74. The number of carbonyl (C=O) groups excluding carboxylic acids is 1. The number of piperidine rings is 1. The van der Waals surface area contributed by atoms with Crippen LogP contribution in [0.4, 0.5) is 0 Å². The van der Waals surface area contributed by atoms with E-state index in [0.29, 0.717) is 17.5 Å². The number of rotatable bonds is 3. The second kappa shape index (κ2) is 5.16. The molecule has 1 unspecified atom stereocenters. The number of aromatic nitrogens is 1. The van der Waals surface area contributed by atoms with E-state index in [4.69, 9.17) is 0 Å². The maximum atomic E-state index is 12.2. The smallest absolute Gasteiger partial charge is 0.192 e. The predicted octanol–water partition coefficient (Wildman–Crippen LogP) is 3.01. The van der Waals surface area contributed by atoms with E-state index >= 15 is 0 Å². The fourth-order valence-electron chi connectivity index (χ4n) is 2.40. The molecule has 94 valence electrons. The van der Waals surface area contributed by atoms with Crippen LogP contribution in [0.5, 0.6) is 0 Å². The van der Waals surface area contributed by atoms with Crippen LogP contribution in [0.1, 0.15) is 35.5 Å². The van der Waals surface area contributed by atoms with Crippen LogP contribution in [0.3, 0.4) is 0 Å². The number of para-hydroxylation sites is 1. The van der Waals surface area contributed by atoms with Gasteiger partial charge in [0, 0.05) is 12.5 Å². The highest BCUT2D eigenvalue weighted by atomic mass is 32.1. The zero-order valence-corrected chi connectivity index (χ0v) is 11.0. The zero-order valence-electron chi connectivity index (χ0n) is 10.2. The minimum atomic E-state index is 0.176. The predicted molar refractivity (Wildman–Crippen MR) is 74.2 cm³/mol. The van der Waals surface area contributed by atoms with Gasteiger partial charge in [-0.15, -0.1) is 11.3 Å². The van der Waals surface area contributed by atoms with Gasteiger partial charge in [-0.2, -0.15) is 0 Å². The Bertz CT molecular complexity index is 525. The highest BCUT2D eigenvalue weighted by Gasteiger charge is 2.19. The number of carbonyl (C=O) groups is 1. The molecule has 3 rings (SSSR count). The topological polar surface area (TPSA) is 42.0 Å². The molecule has 18 heavy (non-hydrogen) atoms. The Morgan fingerprint density at radius 3 is 3.06 bits per heavy atom. The molecule has 1 atom stereocenters. The molecule has 1 N–H and O–H groups in total. The van der Waals surface area contributed by atoms with Crippen molar-refractivity contribution in [2.24, 2.45) is 0 Å². The molecule has 0 radical (unpaired) electrons. The lowest BCUT2D eigenvalue weighted by atomic mass is 10.0. The molecular formula is C14H16N2OS. The van der Waals surface area contributed by atoms with Crippen LogP contribution in [-0.4, -0.2) is 23.4 Å². The third kappa shape index (κ3) is 2.44. The summed E-state index contributed by atoms with van der Waals surface area (Å²) in [6, 6.07) is 8.26. The van der Waals surface area contributed by atoms with Gasteiger partial charge >= 0.3 is 0 Å². The third-order valence-electron chi connectivity index (χ3n) is 3.38. The normalized spacial score (nSPS) is 20.1. The number of benzene rings is 1. The van der Waals surface area contributed by atoms with Gasteiger partial charge in [0.05, 0.1) is 10.2 Å². The van der Waals surface area contributed by atoms with Crippen LogP contribution in [0.2, 0.25) is 0 Å². The minimum Gasteiger partial charge on any atom is -0.314 e. The Hall–Kier alpha value is -1.26. The van der Waals surface area contributed by atoms with E-state index in [1.807, 2.05) is 24.3 Å². The van der Waals surface area contributed by atoms with Gasteiger partial charge in [-0.1, -0.05) is 18.6 Å². The second-order valence-electron chi connectivity index (χ2n) is 4.76. The van der Waals surface area contributed by atoms with Crippen LogP contribution >= 0.6 is 11.3 Å². The number of nitrogens with zero attached hydrogens (tertiary/aromatic N) is 1. The van der Waals surface area contributed by atoms with E-state index in [2.05, 4.69) is 10.3 Å². The number of ketones is 1. The Labute approximate surface area is 110 Å². The molecule has 0 spiro atoms. The number of nitrogens with one attached hydrogen (secondary N) is 1. The lowest BCUT2D eigenvalue weighted by molar-refractivity contribution is 0.0963. The number of thiazole rings is 1. The van der Waals surface area contributed by atoms with Gasteiger partial charge in [0.25, 0.3) is 0 Å². The molecule has 1 aromatic carbocycles. The van der Waals surface area contributed by atoms with Crippen LogP contribution in [-0.2, 0) is 0 Å². The SMILES string of the molecule is O=C(CC1CCCCN1)c1nc2ccccc2s1. The number of hydrogen-bond acceptors (Lipinski definition) is 4. The lowest BCUT2D eigenvalue weighted by Gasteiger charge is -2.22. The second-order valence-corrected chi connectivity index (χ2v) is 5.79. The van der Waals surface area contributed by atoms with Crippen molar-refractivity contribution in [3.63, 3.8) is 0 Å². The van der Waals surface area contributed by atoms with E-state index in [9.17, 15) is 4.79 Å². The standard InChI is InChI=1S/C14H16N2OS/c17-12(9-10-5-3-4-8-15-10)14-16-11-6-1-2-7-13(11)18-14/h1-2,6-7,10,15H,3-5,8-9H2. The molecule has 2 heterocycles. The largest absolute Gasteiger partial charge is 0.314 e. The summed E-state index contributed by atoms with van der Waals surface area (Å²) in [4.78, 5) is 16.6. The van der Waals surface area contributed by atoms with Gasteiger partial charge in [0.1, 0.15) is 0 Å². The maximum absolute atomic E-state index is 12.2. The molecular weight excluding hydrogens is 244 g/mol. The first-order valence-corrected chi connectivity index (χ1v) is 7.27. The average Bonchev–Trinajstić information content (AvgIpc) is 2.84. The number of fused-ring (bicyclic) bond motifs is 1. The van der Waals surface area contributed by atoms with E-state index < -0.39 is 0 Å². The number of Topliss-reactive ketones (excluding diaryl/α,β-unsaturated/α-hetero) is 1. The van der Waals surface area contributed by atoms with Gasteiger partial charge in [-0.25, -0.2) is 4.98 Å².